The van der Waals surface area contributed by atoms with Gasteiger partial charge in [-0.3, -0.25) is 4.79 Å². The quantitative estimate of drug-likeness (QED) is 0.740. The van der Waals surface area contributed by atoms with Gasteiger partial charge in [0.15, 0.2) is 0 Å². The van der Waals surface area contributed by atoms with Gasteiger partial charge in [0.1, 0.15) is 5.82 Å². The molecule has 84 valence electrons. The molecule has 0 saturated heterocycles. The molecule has 0 bridgehead atoms. The maximum absolute atomic E-state index is 12.9. The zero-order valence-electron chi connectivity index (χ0n) is 8.81. The van der Waals surface area contributed by atoms with E-state index in [0.29, 0.717) is 12.3 Å². The number of nitrogens with zero attached hydrogens (tertiary/aromatic N) is 2. The number of ether oxygens (including phenoxy) is 1. The van der Waals surface area contributed by atoms with Crippen molar-refractivity contribution in [2.24, 2.45) is 0 Å². The van der Waals surface area contributed by atoms with E-state index in [1.165, 1.54) is 18.6 Å². The molecule has 0 aliphatic heterocycles. The second kappa shape index (κ2) is 4.30. The second-order valence-corrected chi connectivity index (χ2v) is 3.31. The summed E-state index contributed by atoms with van der Waals surface area (Å²) in [5, 5.41) is 0. The normalized spacial score (nSPS) is 10.6. The number of imidazole rings is 1. The lowest BCUT2D eigenvalue weighted by atomic mass is 10.2. The van der Waals surface area contributed by atoms with Crippen LogP contribution in [0.1, 0.15) is 12.6 Å². The highest BCUT2D eigenvalue weighted by atomic mass is 19.1. The molecule has 2 aromatic rings. The van der Waals surface area contributed by atoms with Crippen LogP contribution in [0.3, 0.4) is 0 Å². The number of hydrogen-bond acceptors (Lipinski definition) is 3. The highest BCUT2D eigenvalue weighted by molar-refractivity contribution is 5.75. The van der Waals surface area contributed by atoms with Crippen molar-refractivity contribution in [3.05, 3.63) is 36.2 Å². The largest absolute Gasteiger partial charge is 0.466 e. The molecule has 0 N–H and O–H groups in total. The van der Waals surface area contributed by atoms with E-state index in [0.717, 1.165) is 5.52 Å². The van der Waals surface area contributed by atoms with Gasteiger partial charge in [-0.2, -0.15) is 0 Å². The molecule has 0 atom stereocenters. The molecule has 0 radical (unpaired) electrons. The lowest BCUT2D eigenvalue weighted by Gasteiger charge is -2.00. The first-order valence-corrected chi connectivity index (χ1v) is 4.97. The molecular formula is C11H11FN2O2. The van der Waals surface area contributed by atoms with Crippen LogP contribution in [-0.4, -0.2) is 22.0 Å². The first kappa shape index (κ1) is 10.6. The Morgan fingerprint density at radius 3 is 3.12 bits per heavy atom. The van der Waals surface area contributed by atoms with Gasteiger partial charge in [0, 0.05) is 6.20 Å². The third-order valence-electron chi connectivity index (χ3n) is 2.19. The number of halogens is 1. The topological polar surface area (TPSA) is 43.6 Å². The number of aromatic nitrogens is 2. The summed E-state index contributed by atoms with van der Waals surface area (Å²) >= 11 is 0. The highest BCUT2D eigenvalue weighted by Gasteiger charge is 2.10. The van der Waals surface area contributed by atoms with Gasteiger partial charge in [0.2, 0.25) is 0 Å². The van der Waals surface area contributed by atoms with E-state index >= 15 is 0 Å². The molecule has 4 nitrogen and oxygen atoms in total. The van der Waals surface area contributed by atoms with E-state index in [9.17, 15) is 9.18 Å². The van der Waals surface area contributed by atoms with Gasteiger partial charge in [-0.05, 0) is 19.1 Å². The number of rotatable bonds is 3. The first-order valence-electron chi connectivity index (χ1n) is 4.97. The Hall–Kier alpha value is -1.91. The molecule has 2 rings (SSSR count). The van der Waals surface area contributed by atoms with Crippen LogP contribution in [0.5, 0.6) is 0 Å². The summed E-state index contributed by atoms with van der Waals surface area (Å²) in [4.78, 5) is 15.3. The minimum Gasteiger partial charge on any atom is -0.466 e. The first-order chi connectivity index (χ1) is 7.70. The molecule has 0 aliphatic carbocycles. The van der Waals surface area contributed by atoms with Crippen molar-refractivity contribution in [2.75, 3.05) is 6.61 Å². The Morgan fingerprint density at radius 2 is 2.38 bits per heavy atom. The summed E-state index contributed by atoms with van der Waals surface area (Å²) in [7, 11) is 0. The third kappa shape index (κ3) is 2.03. The molecule has 0 aliphatic rings. The van der Waals surface area contributed by atoms with E-state index in [2.05, 4.69) is 4.98 Å². The Kier molecular flexibility index (Phi) is 2.85. The van der Waals surface area contributed by atoms with Crippen molar-refractivity contribution in [1.29, 1.82) is 0 Å². The average molecular weight is 222 g/mol. The molecule has 5 heteroatoms. The van der Waals surface area contributed by atoms with E-state index in [-0.39, 0.29) is 18.2 Å². The van der Waals surface area contributed by atoms with Crippen LogP contribution in [0, 0.1) is 5.82 Å². The monoisotopic (exact) mass is 222 g/mol. The fourth-order valence-electron chi connectivity index (χ4n) is 1.51. The highest BCUT2D eigenvalue weighted by Crippen LogP contribution is 2.11. The Labute approximate surface area is 91.7 Å². The van der Waals surface area contributed by atoms with Gasteiger partial charge in [0.25, 0.3) is 0 Å². The van der Waals surface area contributed by atoms with Crippen LogP contribution in [0.2, 0.25) is 0 Å². The Bertz CT molecular complexity index is 522. The van der Waals surface area contributed by atoms with Crippen molar-refractivity contribution >= 4 is 11.5 Å². The summed E-state index contributed by atoms with van der Waals surface area (Å²) in [6, 6.07) is 2.93. The van der Waals surface area contributed by atoms with E-state index in [4.69, 9.17) is 4.74 Å². The lowest BCUT2D eigenvalue weighted by Crippen LogP contribution is -2.08. The number of carbonyl (C=O) groups excluding carboxylic acids is 1. The molecule has 0 aromatic carbocycles. The number of hydrogen-bond donors (Lipinski definition) is 0. The zero-order valence-corrected chi connectivity index (χ0v) is 8.81. The van der Waals surface area contributed by atoms with Crippen LogP contribution in [0.25, 0.3) is 5.52 Å². The average Bonchev–Trinajstić information content (AvgIpc) is 2.61. The summed E-state index contributed by atoms with van der Waals surface area (Å²) < 4.78 is 19.3. The molecule has 2 aromatic heterocycles. The van der Waals surface area contributed by atoms with Crippen LogP contribution in [0.4, 0.5) is 4.39 Å². The van der Waals surface area contributed by atoms with Gasteiger partial charge in [-0.25, -0.2) is 9.37 Å². The van der Waals surface area contributed by atoms with Crippen LogP contribution >= 0.6 is 0 Å². The number of fused-ring (bicyclic) bond motifs is 1. The molecule has 0 amide bonds. The van der Waals surface area contributed by atoms with Crippen LogP contribution < -0.4 is 0 Å². The predicted octanol–water partition coefficient (Wildman–Crippen LogP) is 1.58. The van der Waals surface area contributed by atoms with E-state index < -0.39 is 0 Å². The van der Waals surface area contributed by atoms with Gasteiger partial charge in [0.05, 0.1) is 30.6 Å². The second-order valence-electron chi connectivity index (χ2n) is 3.31. The van der Waals surface area contributed by atoms with Gasteiger partial charge in [-0.15, -0.1) is 0 Å². The van der Waals surface area contributed by atoms with Crippen molar-refractivity contribution < 1.29 is 13.9 Å². The molecule has 0 spiro atoms. The summed E-state index contributed by atoms with van der Waals surface area (Å²) in [5.41, 5.74) is 1.31. The molecular weight excluding hydrogens is 211 g/mol. The summed E-state index contributed by atoms with van der Waals surface area (Å²) in [5.74, 6) is -0.667. The Balaban J connectivity index is 2.28. The van der Waals surface area contributed by atoms with Crippen molar-refractivity contribution in [3.63, 3.8) is 0 Å². The molecule has 0 fully saturated rings. The Morgan fingerprint density at radius 1 is 1.56 bits per heavy atom. The van der Waals surface area contributed by atoms with Crippen molar-refractivity contribution in [3.8, 4) is 0 Å². The summed E-state index contributed by atoms with van der Waals surface area (Å²) in [6.45, 7) is 2.10. The number of carbonyl (C=O) groups is 1. The third-order valence-corrected chi connectivity index (χ3v) is 2.19. The number of pyridine rings is 1. The SMILES string of the molecule is CCOC(=O)Cc1ncn2cc(F)ccc12. The maximum atomic E-state index is 12.9. The molecule has 2 heterocycles. The maximum Gasteiger partial charge on any atom is 0.311 e. The van der Waals surface area contributed by atoms with Crippen molar-refractivity contribution in [2.45, 2.75) is 13.3 Å². The van der Waals surface area contributed by atoms with E-state index in [1.54, 1.807) is 17.4 Å². The lowest BCUT2D eigenvalue weighted by molar-refractivity contribution is -0.142. The zero-order chi connectivity index (χ0) is 11.5. The van der Waals surface area contributed by atoms with E-state index in [1.807, 2.05) is 0 Å². The van der Waals surface area contributed by atoms with Crippen molar-refractivity contribution in [1.82, 2.24) is 9.38 Å². The number of esters is 1. The summed E-state index contributed by atoms with van der Waals surface area (Å²) in [6.07, 6.45) is 2.90. The van der Waals surface area contributed by atoms with Gasteiger partial charge < -0.3 is 9.14 Å². The molecule has 0 saturated carbocycles. The fourth-order valence-corrected chi connectivity index (χ4v) is 1.51. The fraction of sp³-hybridized carbons (Fsp3) is 0.273. The standard InChI is InChI=1S/C11H11FN2O2/c1-2-16-11(15)5-9-10-4-3-8(12)6-14(10)7-13-9/h3-4,6-7H,2,5H2,1H3. The minimum absolute atomic E-state index is 0.107. The molecule has 0 unspecified atom stereocenters. The van der Waals surface area contributed by atoms with Crippen LogP contribution in [-0.2, 0) is 16.0 Å². The molecule has 16 heavy (non-hydrogen) atoms. The smallest absolute Gasteiger partial charge is 0.311 e. The van der Waals surface area contributed by atoms with Gasteiger partial charge in [-0.1, -0.05) is 0 Å². The predicted molar refractivity (Wildman–Crippen MR) is 55.5 cm³/mol. The van der Waals surface area contributed by atoms with Gasteiger partial charge >= 0.3 is 5.97 Å². The minimum atomic E-state index is -0.340. The van der Waals surface area contributed by atoms with Crippen LogP contribution in [0.15, 0.2) is 24.7 Å².